The van der Waals surface area contributed by atoms with Gasteiger partial charge in [0.05, 0.1) is 0 Å². The van der Waals surface area contributed by atoms with Crippen molar-refractivity contribution in [3.8, 4) is 0 Å². The van der Waals surface area contributed by atoms with E-state index in [1.165, 1.54) is 0 Å². The van der Waals surface area contributed by atoms with Gasteiger partial charge in [0.25, 0.3) is 0 Å². The summed E-state index contributed by atoms with van der Waals surface area (Å²) in [4.78, 5) is 11.0. The molecule has 70 valence electrons. The average molecular weight is 188 g/mol. The van der Waals surface area contributed by atoms with Gasteiger partial charge in [-0.2, -0.15) is 12.6 Å². The zero-order chi connectivity index (χ0) is 9.56. The van der Waals surface area contributed by atoms with Gasteiger partial charge >= 0.3 is 5.97 Å². The molecule has 0 spiro atoms. The lowest BCUT2D eigenvalue weighted by atomic mass is 10.2. The van der Waals surface area contributed by atoms with Gasteiger partial charge in [-0.15, -0.1) is 0 Å². The van der Waals surface area contributed by atoms with Gasteiger partial charge in [0.15, 0.2) is 0 Å². The Morgan fingerprint density at radius 2 is 2.25 bits per heavy atom. The zero-order valence-electron chi connectivity index (χ0n) is 7.67. The molecule has 0 aliphatic carbocycles. The van der Waals surface area contributed by atoms with Crippen LogP contribution >= 0.6 is 12.6 Å². The summed E-state index contributed by atoms with van der Waals surface area (Å²) < 4.78 is 5.11. The molecule has 0 aliphatic rings. The van der Waals surface area contributed by atoms with Gasteiger partial charge in [0.2, 0.25) is 0 Å². The maximum absolute atomic E-state index is 11.0. The number of rotatable bonds is 5. The van der Waals surface area contributed by atoms with E-state index in [2.05, 4.69) is 19.2 Å². The Balaban J connectivity index is 3.85. The van der Waals surface area contributed by atoms with Gasteiger partial charge in [-0.05, 0) is 25.5 Å². The minimum Gasteiger partial charge on any atom is -0.459 e. The molecule has 0 N–H and O–H groups in total. The van der Waals surface area contributed by atoms with Gasteiger partial charge in [0.1, 0.15) is 6.10 Å². The van der Waals surface area contributed by atoms with E-state index in [-0.39, 0.29) is 12.1 Å². The number of thiol groups is 1. The molecule has 0 aromatic rings. The van der Waals surface area contributed by atoms with E-state index in [4.69, 9.17) is 4.74 Å². The van der Waals surface area contributed by atoms with Crippen molar-refractivity contribution in [1.29, 1.82) is 0 Å². The first-order valence-electron chi connectivity index (χ1n) is 4.09. The molecule has 0 heterocycles. The fourth-order valence-corrected chi connectivity index (χ4v) is 1.03. The second-order valence-corrected chi connectivity index (χ2v) is 3.18. The van der Waals surface area contributed by atoms with E-state index < -0.39 is 0 Å². The van der Waals surface area contributed by atoms with Crippen molar-refractivity contribution in [3.05, 3.63) is 12.2 Å². The topological polar surface area (TPSA) is 26.3 Å². The lowest BCUT2D eigenvalue weighted by molar-refractivity contribution is -0.144. The second-order valence-electron chi connectivity index (χ2n) is 2.73. The first-order chi connectivity index (χ1) is 5.61. The Labute approximate surface area is 79.4 Å². The van der Waals surface area contributed by atoms with E-state index in [0.717, 1.165) is 18.6 Å². The molecule has 0 aliphatic heterocycles. The predicted molar refractivity (Wildman–Crippen MR) is 53.5 cm³/mol. The molecule has 0 aromatic carbocycles. The Bertz CT molecular complexity index is 166. The highest BCUT2D eigenvalue weighted by atomic mass is 32.1. The van der Waals surface area contributed by atoms with E-state index in [9.17, 15) is 4.79 Å². The number of carbonyl (C=O) groups excluding carboxylic acids is 1. The third-order valence-electron chi connectivity index (χ3n) is 1.53. The van der Waals surface area contributed by atoms with Crippen LogP contribution in [0.25, 0.3) is 0 Å². The van der Waals surface area contributed by atoms with Crippen molar-refractivity contribution in [1.82, 2.24) is 0 Å². The molecule has 0 radical (unpaired) electrons. The molecule has 1 atom stereocenters. The second kappa shape index (κ2) is 6.12. The van der Waals surface area contributed by atoms with Crippen LogP contribution < -0.4 is 0 Å². The zero-order valence-corrected chi connectivity index (χ0v) is 8.56. The summed E-state index contributed by atoms with van der Waals surface area (Å²) in [5.41, 5.74) is 0.451. The monoisotopic (exact) mass is 188 g/mol. The minimum atomic E-state index is -0.302. The Morgan fingerprint density at radius 3 is 2.58 bits per heavy atom. The molecule has 0 fully saturated rings. The Morgan fingerprint density at radius 1 is 1.67 bits per heavy atom. The van der Waals surface area contributed by atoms with Crippen LogP contribution in [0.3, 0.4) is 0 Å². The molecular formula is C9H16O2S. The van der Waals surface area contributed by atoms with E-state index in [0.29, 0.717) is 5.57 Å². The SMILES string of the molecule is C=C(C)C(=O)OC(CC)CCS. The maximum Gasteiger partial charge on any atom is 0.333 e. The van der Waals surface area contributed by atoms with Gasteiger partial charge in [-0.1, -0.05) is 13.5 Å². The highest BCUT2D eigenvalue weighted by Gasteiger charge is 2.11. The first-order valence-corrected chi connectivity index (χ1v) is 4.72. The van der Waals surface area contributed by atoms with Crippen LogP contribution in [0.1, 0.15) is 26.7 Å². The summed E-state index contributed by atoms with van der Waals surface area (Å²) in [5.74, 6) is 0.436. The predicted octanol–water partition coefficient (Wildman–Crippen LogP) is 2.20. The van der Waals surface area contributed by atoms with Crippen LogP contribution in [0.5, 0.6) is 0 Å². The molecule has 1 unspecified atom stereocenters. The van der Waals surface area contributed by atoms with Crippen LogP contribution in [-0.2, 0) is 9.53 Å². The fraction of sp³-hybridized carbons (Fsp3) is 0.667. The number of hydrogen-bond donors (Lipinski definition) is 1. The third-order valence-corrected chi connectivity index (χ3v) is 1.79. The largest absolute Gasteiger partial charge is 0.459 e. The molecule has 0 rings (SSSR count). The van der Waals surface area contributed by atoms with E-state index in [1.54, 1.807) is 6.92 Å². The molecular weight excluding hydrogens is 172 g/mol. The number of esters is 1. The smallest absolute Gasteiger partial charge is 0.333 e. The van der Waals surface area contributed by atoms with Crippen molar-refractivity contribution in [2.75, 3.05) is 5.75 Å². The lowest BCUT2D eigenvalue weighted by Gasteiger charge is -2.14. The van der Waals surface area contributed by atoms with Crippen LogP contribution in [-0.4, -0.2) is 17.8 Å². The highest BCUT2D eigenvalue weighted by molar-refractivity contribution is 7.80. The van der Waals surface area contributed by atoms with Crippen molar-refractivity contribution >= 4 is 18.6 Å². The summed E-state index contributed by atoms with van der Waals surface area (Å²) in [7, 11) is 0. The van der Waals surface area contributed by atoms with E-state index in [1.807, 2.05) is 6.92 Å². The van der Waals surface area contributed by atoms with Crippen molar-refractivity contribution in [3.63, 3.8) is 0 Å². The molecule has 0 saturated carbocycles. The molecule has 0 amide bonds. The van der Waals surface area contributed by atoms with Crippen LogP contribution in [0.2, 0.25) is 0 Å². The summed E-state index contributed by atoms with van der Waals surface area (Å²) in [6.45, 7) is 7.14. The summed E-state index contributed by atoms with van der Waals surface area (Å²) in [6.07, 6.45) is 1.63. The first kappa shape index (κ1) is 11.6. The number of ether oxygens (including phenoxy) is 1. The number of carbonyl (C=O) groups is 1. The Hall–Kier alpha value is -0.440. The van der Waals surface area contributed by atoms with Crippen molar-refractivity contribution in [2.45, 2.75) is 32.8 Å². The van der Waals surface area contributed by atoms with Gasteiger partial charge < -0.3 is 4.74 Å². The highest BCUT2D eigenvalue weighted by Crippen LogP contribution is 2.07. The van der Waals surface area contributed by atoms with Crippen molar-refractivity contribution < 1.29 is 9.53 Å². The molecule has 0 bridgehead atoms. The van der Waals surface area contributed by atoms with Crippen LogP contribution in [0.4, 0.5) is 0 Å². The van der Waals surface area contributed by atoms with E-state index >= 15 is 0 Å². The van der Waals surface area contributed by atoms with Crippen LogP contribution in [0.15, 0.2) is 12.2 Å². The van der Waals surface area contributed by atoms with Gasteiger partial charge in [0, 0.05) is 5.57 Å². The summed E-state index contributed by atoms with van der Waals surface area (Å²) >= 11 is 4.07. The average Bonchev–Trinajstić information content (AvgIpc) is 2.03. The van der Waals surface area contributed by atoms with Crippen LogP contribution in [0, 0.1) is 0 Å². The van der Waals surface area contributed by atoms with Crippen molar-refractivity contribution in [2.24, 2.45) is 0 Å². The molecule has 0 saturated heterocycles. The van der Waals surface area contributed by atoms with Gasteiger partial charge in [-0.25, -0.2) is 4.79 Å². The molecule has 0 aromatic heterocycles. The lowest BCUT2D eigenvalue weighted by Crippen LogP contribution is -2.18. The maximum atomic E-state index is 11.0. The minimum absolute atomic E-state index is 0.00769. The number of hydrogen-bond acceptors (Lipinski definition) is 3. The normalized spacial score (nSPS) is 12.2. The molecule has 2 nitrogen and oxygen atoms in total. The summed E-state index contributed by atoms with van der Waals surface area (Å²) in [6, 6.07) is 0. The fourth-order valence-electron chi connectivity index (χ4n) is 0.742. The summed E-state index contributed by atoms with van der Waals surface area (Å²) in [5, 5.41) is 0. The molecule has 3 heteroatoms. The standard InChI is InChI=1S/C9H16O2S/c1-4-8(5-6-12)11-9(10)7(2)3/h8,12H,2,4-6H2,1,3H3. The molecule has 12 heavy (non-hydrogen) atoms. The quantitative estimate of drug-likeness (QED) is 0.407. The third kappa shape index (κ3) is 4.44. The Kier molecular flexibility index (Phi) is 5.89. The van der Waals surface area contributed by atoms with Gasteiger partial charge in [-0.3, -0.25) is 0 Å².